The van der Waals surface area contributed by atoms with E-state index in [-0.39, 0.29) is 11.4 Å². The molecular weight excluding hydrogens is 410 g/mol. The van der Waals surface area contributed by atoms with Gasteiger partial charge < -0.3 is 15.3 Å². The van der Waals surface area contributed by atoms with Crippen molar-refractivity contribution in [2.45, 2.75) is 38.3 Å². The highest BCUT2D eigenvalue weighted by molar-refractivity contribution is 6.05. The number of hydrogen-bond acceptors (Lipinski definition) is 6. The number of benzene rings is 2. The Morgan fingerprint density at radius 3 is 2.33 bits per heavy atom. The van der Waals surface area contributed by atoms with Gasteiger partial charge in [0.2, 0.25) is 0 Å². The Balaban J connectivity index is 1.70. The molecule has 0 amide bonds. The highest BCUT2D eigenvalue weighted by Crippen LogP contribution is 2.38. The van der Waals surface area contributed by atoms with Crippen LogP contribution in [0.2, 0.25) is 0 Å². The van der Waals surface area contributed by atoms with Crippen LogP contribution in [0.1, 0.15) is 42.0 Å². The van der Waals surface area contributed by atoms with Crippen molar-refractivity contribution < 1.29 is 5.11 Å². The molecule has 164 valence electrons. The summed E-state index contributed by atoms with van der Waals surface area (Å²) in [5.41, 5.74) is 4.85. The molecule has 0 bridgehead atoms. The molecular formula is C27H25N5O. The molecule has 2 aromatic carbocycles. The van der Waals surface area contributed by atoms with Crippen LogP contribution in [-0.2, 0) is 18.6 Å². The first-order valence-electron chi connectivity index (χ1n) is 11.3. The summed E-state index contributed by atoms with van der Waals surface area (Å²) in [7, 11) is 0. The third-order valence-electron chi connectivity index (χ3n) is 6.68. The van der Waals surface area contributed by atoms with Crippen molar-refractivity contribution in [1.82, 2.24) is 5.32 Å². The smallest absolute Gasteiger partial charge is 0.191 e. The topological polar surface area (TPSA) is 95.4 Å². The summed E-state index contributed by atoms with van der Waals surface area (Å²) in [4.78, 5) is 6.91. The second-order valence-corrected chi connectivity index (χ2v) is 8.79. The van der Waals surface area contributed by atoms with Crippen LogP contribution in [0.5, 0.6) is 0 Å². The lowest BCUT2D eigenvalue weighted by atomic mass is 9.86. The Hall–Kier alpha value is -3.87. The molecule has 0 radical (unpaired) electrons. The van der Waals surface area contributed by atoms with Gasteiger partial charge in [-0.15, -0.1) is 0 Å². The van der Waals surface area contributed by atoms with E-state index in [0.717, 1.165) is 44.3 Å². The number of nitriles is 2. The number of nitrogens with one attached hydrogen (secondary N) is 1. The molecule has 3 heterocycles. The Bertz CT molecular complexity index is 1260. The maximum absolute atomic E-state index is 12.0. The molecule has 3 aliphatic rings. The number of hydrogen-bond donors (Lipinski definition) is 2. The highest BCUT2D eigenvalue weighted by Gasteiger charge is 2.39. The number of nitrogens with zero attached hydrogens (tertiary/aromatic N) is 4. The molecule has 3 aliphatic heterocycles. The maximum Gasteiger partial charge on any atom is 0.191 e. The molecule has 2 aromatic rings. The second kappa shape index (κ2) is 8.24. The highest BCUT2D eigenvalue weighted by atomic mass is 16.3. The molecule has 6 nitrogen and oxygen atoms in total. The standard InChI is InChI=1S/C27H25N5O/c1-18-23(15-19-13-20-7-5-11-32-12-6-8-21(14-19)26(20)32)27(33,22-9-3-2-4-10-22)31-25(17-29)24(16-28)30-18/h2-4,9-10,13-15,31,33H,5-8,11-12H2,1H3. The van der Waals surface area contributed by atoms with E-state index in [1.54, 1.807) is 19.1 Å². The van der Waals surface area contributed by atoms with E-state index < -0.39 is 5.72 Å². The van der Waals surface area contributed by atoms with E-state index in [1.807, 2.05) is 36.4 Å². The van der Waals surface area contributed by atoms with E-state index >= 15 is 0 Å². The molecule has 0 saturated heterocycles. The number of aryl methyl sites for hydroxylation is 2. The minimum atomic E-state index is -1.71. The first-order valence-corrected chi connectivity index (χ1v) is 11.3. The summed E-state index contributed by atoms with van der Waals surface area (Å²) in [6.45, 7) is 4.00. The Labute approximate surface area is 193 Å². The van der Waals surface area contributed by atoms with Crippen LogP contribution in [0, 0.1) is 22.7 Å². The van der Waals surface area contributed by atoms with Crippen molar-refractivity contribution in [3.8, 4) is 12.1 Å². The summed E-state index contributed by atoms with van der Waals surface area (Å²) < 4.78 is 0. The SMILES string of the molecule is CC1=NC(C#N)=C(C#N)NC(O)(c2ccccc2)C1=Cc1cc2c3c(c1)CCCN3CCC2. The van der Waals surface area contributed by atoms with Gasteiger partial charge in [0.25, 0.3) is 0 Å². The molecule has 33 heavy (non-hydrogen) atoms. The zero-order valence-electron chi connectivity index (χ0n) is 18.6. The third-order valence-corrected chi connectivity index (χ3v) is 6.68. The van der Waals surface area contributed by atoms with Gasteiger partial charge in [-0.2, -0.15) is 10.5 Å². The van der Waals surface area contributed by atoms with Gasteiger partial charge in [-0.05, 0) is 67.5 Å². The summed E-state index contributed by atoms with van der Waals surface area (Å²) in [6, 6.07) is 17.5. The van der Waals surface area contributed by atoms with Gasteiger partial charge in [-0.1, -0.05) is 30.3 Å². The van der Waals surface area contributed by atoms with Crippen LogP contribution in [0.25, 0.3) is 6.08 Å². The minimum absolute atomic E-state index is 0.0380. The summed E-state index contributed by atoms with van der Waals surface area (Å²) in [6.07, 6.45) is 6.32. The largest absolute Gasteiger partial charge is 0.371 e. The van der Waals surface area contributed by atoms with Gasteiger partial charge in [-0.3, -0.25) is 0 Å². The second-order valence-electron chi connectivity index (χ2n) is 8.79. The van der Waals surface area contributed by atoms with Gasteiger partial charge in [0, 0.05) is 35.6 Å². The van der Waals surface area contributed by atoms with Crippen LogP contribution < -0.4 is 10.2 Å². The molecule has 2 N–H and O–H groups in total. The number of allylic oxidation sites excluding steroid dienone is 2. The number of anilines is 1. The molecule has 1 unspecified atom stereocenters. The van der Waals surface area contributed by atoms with E-state index in [9.17, 15) is 15.6 Å². The first-order chi connectivity index (χ1) is 16.0. The fourth-order valence-corrected chi connectivity index (χ4v) is 5.21. The minimum Gasteiger partial charge on any atom is -0.371 e. The van der Waals surface area contributed by atoms with E-state index in [0.29, 0.717) is 16.8 Å². The maximum atomic E-state index is 12.0. The lowest BCUT2D eigenvalue weighted by Gasteiger charge is -2.37. The molecule has 6 heteroatoms. The van der Waals surface area contributed by atoms with Crippen molar-refractivity contribution in [1.29, 1.82) is 10.5 Å². The van der Waals surface area contributed by atoms with Crippen LogP contribution in [0.4, 0.5) is 5.69 Å². The first kappa shape index (κ1) is 21.0. The Kier molecular flexibility index (Phi) is 5.24. The quantitative estimate of drug-likeness (QED) is 0.745. The van der Waals surface area contributed by atoms with Gasteiger partial charge in [0.1, 0.15) is 12.1 Å². The van der Waals surface area contributed by atoms with Crippen molar-refractivity contribution in [3.05, 3.63) is 81.7 Å². The molecule has 1 atom stereocenters. The number of rotatable bonds is 2. The Morgan fingerprint density at radius 1 is 1.06 bits per heavy atom. The molecule has 0 fully saturated rings. The van der Waals surface area contributed by atoms with Crippen molar-refractivity contribution in [3.63, 3.8) is 0 Å². The monoisotopic (exact) mass is 435 g/mol. The van der Waals surface area contributed by atoms with Gasteiger partial charge in [0.15, 0.2) is 17.1 Å². The summed E-state index contributed by atoms with van der Waals surface area (Å²) in [5.74, 6) is 0. The summed E-state index contributed by atoms with van der Waals surface area (Å²) >= 11 is 0. The molecule has 0 aliphatic carbocycles. The molecule has 0 spiro atoms. The lowest BCUT2D eigenvalue weighted by Crippen LogP contribution is -2.44. The normalized spacial score (nSPS) is 23.1. The van der Waals surface area contributed by atoms with Crippen molar-refractivity contribution in [2.24, 2.45) is 4.99 Å². The van der Waals surface area contributed by atoms with Crippen LogP contribution in [0.15, 0.2) is 64.4 Å². The third kappa shape index (κ3) is 3.59. The zero-order valence-corrected chi connectivity index (χ0v) is 18.6. The van der Waals surface area contributed by atoms with Crippen molar-refractivity contribution >= 4 is 17.5 Å². The summed E-state index contributed by atoms with van der Waals surface area (Å²) in [5, 5.41) is 34.2. The van der Waals surface area contributed by atoms with Gasteiger partial charge in [-0.25, -0.2) is 4.99 Å². The van der Waals surface area contributed by atoms with Crippen LogP contribution in [0.3, 0.4) is 0 Å². The van der Waals surface area contributed by atoms with E-state index in [2.05, 4.69) is 27.3 Å². The predicted octanol–water partition coefficient (Wildman–Crippen LogP) is 3.94. The molecule has 5 rings (SSSR count). The van der Waals surface area contributed by atoms with Gasteiger partial charge >= 0.3 is 0 Å². The van der Waals surface area contributed by atoms with Crippen LogP contribution in [-0.4, -0.2) is 23.9 Å². The van der Waals surface area contributed by atoms with E-state index in [1.165, 1.54) is 16.8 Å². The average Bonchev–Trinajstić information content (AvgIpc) is 2.95. The average molecular weight is 436 g/mol. The van der Waals surface area contributed by atoms with E-state index in [4.69, 9.17) is 0 Å². The lowest BCUT2D eigenvalue weighted by molar-refractivity contribution is 0.0585. The fourth-order valence-electron chi connectivity index (χ4n) is 5.21. The van der Waals surface area contributed by atoms with Crippen LogP contribution >= 0.6 is 0 Å². The predicted molar refractivity (Wildman–Crippen MR) is 128 cm³/mol. The number of aliphatic hydroxyl groups is 1. The molecule has 0 saturated carbocycles. The fraction of sp³-hybridized carbons (Fsp3) is 0.296. The van der Waals surface area contributed by atoms with Crippen molar-refractivity contribution in [2.75, 3.05) is 18.0 Å². The zero-order chi connectivity index (χ0) is 23.0. The molecule has 0 aromatic heterocycles. The number of aliphatic imine (C=N–C) groups is 1. The van der Waals surface area contributed by atoms with Gasteiger partial charge in [0.05, 0.1) is 0 Å². The Morgan fingerprint density at radius 2 is 1.73 bits per heavy atom.